The Bertz CT molecular complexity index is 459. The van der Waals surface area contributed by atoms with Crippen LogP contribution in [-0.2, 0) is 9.53 Å². The number of benzene rings is 1. The molecule has 0 aliphatic rings. The topological polar surface area (TPSA) is 26.3 Å². The fourth-order valence-electron chi connectivity index (χ4n) is 0.905. The molecule has 0 radical (unpaired) electrons. The molecule has 0 saturated carbocycles. The predicted molar refractivity (Wildman–Crippen MR) is 63.4 cm³/mol. The highest BCUT2D eigenvalue weighted by Crippen LogP contribution is 1.97. The van der Waals surface area contributed by atoms with E-state index in [1.54, 1.807) is 0 Å². The van der Waals surface area contributed by atoms with Crippen LogP contribution in [0, 0.1) is 11.8 Å². The third-order valence-corrected chi connectivity index (χ3v) is 1.63. The van der Waals surface area contributed by atoms with Crippen molar-refractivity contribution in [2.45, 2.75) is 6.92 Å². The highest BCUT2D eigenvalue weighted by atomic mass is 16.5. The minimum atomic E-state index is -0.0798. The Kier molecular flexibility index (Phi) is 4.62. The molecular formula is C14H12O2. The number of carbonyl (C=O) groups is 1. The molecule has 0 saturated heterocycles. The van der Waals surface area contributed by atoms with Gasteiger partial charge in [-0.3, -0.25) is 4.79 Å². The van der Waals surface area contributed by atoms with Gasteiger partial charge in [0.25, 0.3) is 0 Å². The molecule has 1 aromatic carbocycles. The number of allylic oxidation sites excluding steroid dienone is 2. The number of ketones is 1. The molecule has 0 atom stereocenters. The quantitative estimate of drug-likeness (QED) is 0.437. The van der Waals surface area contributed by atoms with E-state index in [0.717, 1.165) is 5.56 Å². The van der Waals surface area contributed by atoms with Crippen molar-refractivity contribution < 1.29 is 9.53 Å². The number of hydrogen-bond donors (Lipinski definition) is 0. The van der Waals surface area contributed by atoms with Gasteiger partial charge in [0.15, 0.2) is 11.5 Å². The van der Waals surface area contributed by atoms with Crippen LogP contribution in [0.5, 0.6) is 0 Å². The van der Waals surface area contributed by atoms with Crippen molar-refractivity contribution in [2.75, 3.05) is 0 Å². The second kappa shape index (κ2) is 6.26. The molecule has 1 rings (SSSR count). The molecule has 0 N–H and O–H groups in total. The summed E-state index contributed by atoms with van der Waals surface area (Å²) in [5.41, 5.74) is 0.891. The van der Waals surface area contributed by atoms with Crippen LogP contribution in [0.3, 0.4) is 0 Å². The van der Waals surface area contributed by atoms with E-state index in [1.165, 1.54) is 19.3 Å². The lowest BCUT2D eigenvalue weighted by atomic mass is 10.2. The number of hydrogen-bond acceptors (Lipinski definition) is 2. The minimum absolute atomic E-state index is 0.0798. The first-order valence-electron chi connectivity index (χ1n) is 4.78. The van der Waals surface area contributed by atoms with Crippen molar-refractivity contribution in [2.24, 2.45) is 0 Å². The first-order chi connectivity index (χ1) is 7.68. The molecule has 0 aromatic heterocycles. The van der Waals surface area contributed by atoms with Crippen LogP contribution < -0.4 is 0 Å². The summed E-state index contributed by atoms with van der Waals surface area (Å²) in [4.78, 5) is 10.6. The highest BCUT2D eigenvalue weighted by Gasteiger charge is 1.86. The summed E-state index contributed by atoms with van der Waals surface area (Å²) >= 11 is 0. The molecular weight excluding hydrogens is 200 g/mol. The zero-order valence-electron chi connectivity index (χ0n) is 9.07. The van der Waals surface area contributed by atoms with Crippen molar-refractivity contribution in [1.29, 1.82) is 0 Å². The van der Waals surface area contributed by atoms with E-state index in [2.05, 4.69) is 18.4 Å². The van der Waals surface area contributed by atoms with Crippen molar-refractivity contribution in [3.8, 4) is 11.8 Å². The largest absolute Gasteiger partial charge is 0.457 e. The summed E-state index contributed by atoms with van der Waals surface area (Å²) in [7, 11) is 0. The van der Waals surface area contributed by atoms with Gasteiger partial charge in [0.05, 0.1) is 6.26 Å². The van der Waals surface area contributed by atoms with E-state index in [9.17, 15) is 4.79 Å². The molecule has 0 aliphatic carbocycles. The van der Waals surface area contributed by atoms with E-state index in [-0.39, 0.29) is 5.78 Å². The van der Waals surface area contributed by atoms with Crippen molar-refractivity contribution in [3.05, 3.63) is 60.6 Å². The highest BCUT2D eigenvalue weighted by molar-refractivity contribution is 5.86. The van der Waals surface area contributed by atoms with Gasteiger partial charge in [-0.05, 0) is 31.6 Å². The monoisotopic (exact) mass is 212 g/mol. The van der Waals surface area contributed by atoms with E-state index in [0.29, 0.717) is 5.76 Å². The van der Waals surface area contributed by atoms with Gasteiger partial charge in [-0.15, -0.1) is 0 Å². The van der Waals surface area contributed by atoms with Crippen LogP contribution in [0.2, 0.25) is 0 Å². The van der Waals surface area contributed by atoms with Crippen LogP contribution in [-0.4, -0.2) is 5.78 Å². The molecule has 0 amide bonds. The normalized spacial score (nSPS) is 9.31. The predicted octanol–water partition coefficient (Wildman–Crippen LogP) is 2.67. The van der Waals surface area contributed by atoms with Crippen LogP contribution in [0.1, 0.15) is 12.5 Å². The number of rotatable bonds is 3. The minimum Gasteiger partial charge on any atom is -0.457 e. The molecule has 0 heterocycles. The van der Waals surface area contributed by atoms with Crippen LogP contribution in [0.25, 0.3) is 0 Å². The Morgan fingerprint density at radius 2 is 2.06 bits per heavy atom. The molecule has 2 heteroatoms. The summed E-state index contributed by atoms with van der Waals surface area (Å²) in [6, 6.07) is 9.52. The average molecular weight is 212 g/mol. The van der Waals surface area contributed by atoms with E-state index in [4.69, 9.17) is 4.74 Å². The molecule has 0 spiro atoms. The van der Waals surface area contributed by atoms with Crippen molar-refractivity contribution >= 4 is 5.78 Å². The molecule has 1 aromatic rings. The number of carbonyl (C=O) groups excluding carboxylic acids is 1. The van der Waals surface area contributed by atoms with Gasteiger partial charge in [0.1, 0.15) is 0 Å². The summed E-state index contributed by atoms with van der Waals surface area (Å²) in [6.07, 6.45) is 2.60. The van der Waals surface area contributed by atoms with Gasteiger partial charge in [-0.2, -0.15) is 0 Å². The van der Waals surface area contributed by atoms with Crippen LogP contribution >= 0.6 is 0 Å². The third kappa shape index (κ3) is 4.83. The Labute approximate surface area is 95.2 Å². The molecule has 0 fully saturated rings. The van der Waals surface area contributed by atoms with E-state index < -0.39 is 0 Å². The van der Waals surface area contributed by atoms with Gasteiger partial charge in [0.2, 0.25) is 0 Å². The van der Waals surface area contributed by atoms with Gasteiger partial charge >= 0.3 is 0 Å². The lowest BCUT2D eigenvalue weighted by molar-refractivity contribution is -0.112. The van der Waals surface area contributed by atoms with Gasteiger partial charge in [0, 0.05) is 11.6 Å². The summed E-state index contributed by atoms with van der Waals surface area (Å²) < 4.78 is 5.01. The smallest absolute Gasteiger partial charge is 0.169 e. The Hall–Kier alpha value is -2.27. The molecule has 0 bridgehead atoms. The first-order valence-corrected chi connectivity index (χ1v) is 4.78. The molecule has 0 unspecified atom stereocenters. The molecule has 2 nitrogen and oxygen atoms in total. The number of ether oxygens (including phenoxy) is 1. The van der Waals surface area contributed by atoms with Crippen LogP contribution in [0.15, 0.2) is 55.0 Å². The van der Waals surface area contributed by atoms with E-state index in [1.807, 2.05) is 30.3 Å². The second-order valence-electron chi connectivity index (χ2n) is 3.07. The van der Waals surface area contributed by atoms with Crippen molar-refractivity contribution in [3.63, 3.8) is 0 Å². The fourth-order valence-corrected chi connectivity index (χ4v) is 0.905. The summed E-state index contributed by atoms with van der Waals surface area (Å²) in [5.74, 6) is 5.86. The van der Waals surface area contributed by atoms with Gasteiger partial charge in [-0.1, -0.05) is 24.1 Å². The van der Waals surface area contributed by atoms with Gasteiger partial charge in [-0.25, -0.2) is 0 Å². The standard InChI is InChI=1S/C14H12O2/c1-12(15)10-11-16-13(2)8-9-14-6-4-3-5-7-14/h3-7,10-11H,2H2,1H3/b11-10+. The lowest BCUT2D eigenvalue weighted by Crippen LogP contribution is -1.83. The molecule has 80 valence electrons. The summed E-state index contributed by atoms with van der Waals surface area (Å²) in [5, 5.41) is 0. The average Bonchev–Trinajstić information content (AvgIpc) is 2.27. The maximum atomic E-state index is 10.6. The Morgan fingerprint density at radius 1 is 1.38 bits per heavy atom. The maximum absolute atomic E-state index is 10.6. The van der Waals surface area contributed by atoms with Gasteiger partial charge < -0.3 is 4.74 Å². The van der Waals surface area contributed by atoms with E-state index >= 15 is 0 Å². The fraction of sp³-hybridized carbons (Fsp3) is 0.0714. The Balaban J connectivity index is 2.53. The van der Waals surface area contributed by atoms with Crippen LogP contribution in [0.4, 0.5) is 0 Å². The zero-order chi connectivity index (χ0) is 11.8. The summed E-state index contributed by atoms with van der Waals surface area (Å²) in [6.45, 7) is 5.05. The maximum Gasteiger partial charge on any atom is 0.169 e. The Morgan fingerprint density at radius 3 is 2.69 bits per heavy atom. The molecule has 0 aliphatic heterocycles. The third-order valence-electron chi connectivity index (χ3n) is 1.63. The SMILES string of the molecule is C=C(C#Cc1ccccc1)O/C=C/C(C)=O. The first kappa shape index (κ1) is 11.8. The molecule has 16 heavy (non-hydrogen) atoms. The van der Waals surface area contributed by atoms with Crippen molar-refractivity contribution in [1.82, 2.24) is 0 Å². The zero-order valence-corrected chi connectivity index (χ0v) is 9.07. The second-order valence-corrected chi connectivity index (χ2v) is 3.07. The lowest BCUT2D eigenvalue weighted by Gasteiger charge is -1.93.